The summed E-state index contributed by atoms with van der Waals surface area (Å²) in [6.07, 6.45) is 0. The van der Waals surface area contributed by atoms with Gasteiger partial charge in [0, 0.05) is 5.69 Å². The van der Waals surface area contributed by atoms with Crippen LogP contribution in [0.2, 0.25) is 0 Å². The average molecular weight is 211 g/mol. The highest BCUT2D eigenvalue weighted by Crippen LogP contribution is 2.21. The second-order valence-electron chi connectivity index (χ2n) is 2.78. The van der Waals surface area contributed by atoms with E-state index in [1.807, 2.05) is 25.1 Å². The maximum absolute atomic E-state index is 5.14. The van der Waals surface area contributed by atoms with Gasteiger partial charge in [0.2, 0.25) is 0 Å². The Morgan fingerprint density at radius 1 is 1.50 bits per heavy atom. The van der Waals surface area contributed by atoms with Crippen LogP contribution in [0.25, 0.3) is 0 Å². The van der Waals surface area contributed by atoms with Gasteiger partial charge < -0.3 is 15.5 Å². The molecule has 76 valence electrons. The Labute approximate surface area is 88.4 Å². The largest absolute Gasteiger partial charge is 0.496 e. The molecular weight excluding hydrogens is 198 g/mol. The summed E-state index contributed by atoms with van der Waals surface area (Å²) >= 11 is 4.86. The topological polar surface area (TPSA) is 59.3 Å². The third-order valence-corrected chi connectivity index (χ3v) is 2.00. The fraction of sp³-hybridized carbons (Fsp3) is 0.222. The van der Waals surface area contributed by atoms with Crippen LogP contribution in [0, 0.1) is 6.92 Å². The molecule has 0 amide bonds. The molecule has 0 radical (unpaired) electrons. The Morgan fingerprint density at radius 3 is 2.71 bits per heavy atom. The van der Waals surface area contributed by atoms with Crippen LogP contribution in [-0.2, 0) is 0 Å². The first-order valence-corrected chi connectivity index (χ1v) is 4.50. The predicted octanol–water partition coefficient (Wildman–Crippen LogP) is 1.16. The van der Waals surface area contributed by atoms with E-state index < -0.39 is 0 Å². The van der Waals surface area contributed by atoms with Crippen molar-refractivity contribution in [1.82, 2.24) is 5.43 Å². The third-order valence-electron chi connectivity index (χ3n) is 1.78. The van der Waals surface area contributed by atoms with E-state index in [-0.39, 0.29) is 0 Å². The zero-order valence-electron chi connectivity index (χ0n) is 8.13. The predicted molar refractivity (Wildman–Crippen MR) is 61.3 cm³/mol. The number of methoxy groups -OCH3 is 1. The summed E-state index contributed by atoms with van der Waals surface area (Å²) in [7, 11) is 1.64. The van der Waals surface area contributed by atoms with E-state index in [4.69, 9.17) is 22.8 Å². The summed E-state index contributed by atoms with van der Waals surface area (Å²) < 4.78 is 5.13. The molecule has 0 atom stereocenters. The van der Waals surface area contributed by atoms with Crippen LogP contribution < -0.4 is 21.3 Å². The number of benzene rings is 1. The number of anilines is 1. The molecule has 1 rings (SSSR count). The highest BCUT2D eigenvalue weighted by molar-refractivity contribution is 7.80. The van der Waals surface area contributed by atoms with Crippen LogP contribution in [-0.4, -0.2) is 12.2 Å². The van der Waals surface area contributed by atoms with Crippen molar-refractivity contribution in [2.45, 2.75) is 6.92 Å². The van der Waals surface area contributed by atoms with E-state index >= 15 is 0 Å². The molecule has 1 aromatic carbocycles. The van der Waals surface area contributed by atoms with Crippen molar-refractivity contribution in [3.05, 3.63) is 23.8 Å². The van der Waals surface area contributed by atoms with Crippen molar-refractivity contribution in [2.75, 3.05) is 12.4 Å². The molecule has 0 heterocycles. The van der Waals surface area contributed by atoms with Gasteiger partial charge in [0.15, 0.2) is 5.11 Å². The number of aryl methyl sites for hydroxylation is 1. The summed E-state index contributed by atoms with van der Waals surface area (Å²) in [5.41, 5.74) is 4.27. The van der Waals surface area contributed by atoms with E-state index in [0.717, 1.165) is 17.0 Å². The van der Waals surface area contributed by atoms with E-state index in [1.54, 1.807) is 7.11 Å². The van der Waals surface area contributed by atoms with Crippen LogP contribution >= 0.6 is 12.2 Å². The van der Waals surface area contributed by atoms with E-state index in [9.17, 15) is 0 Å². The second-order valence-corrected chi connectivity index (χ2v) is 3.19. The Morgan fingerprint density at radius 2 is 2.21 bits per heavy atom. The number of hydrogen-bond acceptors (Lipinski definition) is 3. The number of hydrazine groups is 1. The molecule has 0 aliphatic rings. The number of hydrogen-bond donors (Lipinski definition) is 3. The summed E-state index contributed by atoms with van der Waals surface area (Å²) in [6, 6.07) is 5.68. The van der Waals surface area contributed by atoms with Gasteiger partial charge in [-0.1, -0.05) is 0 Å². The quantitative estimate of drug-likeness (QED) is 0.389. The number of ether oxygens (including phenoxy) is 1. The first-order valence-electron chi connectivity index (χ1n) is 4.09. The van der Waals surface area contributed by atoms with Crippen molar-refractivity contribution < 1.29 is 4.74 Å². The second kappa shape index (κ2) is 4.78. The van der Waals surface area contributed by atoms with Gasteiger partial charge >= 0.3 is 0 Å². The Balaban J connectivity index is 2.81. The zero-order valence-corrected chi connectivity index (χ0v) is 8.94. The molecule has 0 unspecified atom stereocenters. The van der Waals surface area contributed by atoms with Crippen molar-refractivity contribution >= 4 is 23.0 Å². The zero-order chi connectivity index (χ0) is 10.6. The van der Waals surface area contributed by atoms with Crippen molar-refractivity contribution in [3.8, 4) is 5.75 Å². The summed E-state index contributed by atoms with van der Waals surface area (Å²) in [5, 5.41) is 3.31. The SMILES string of the molecule is COc1ccc(NC(=S)NN)cc1C. The Bertz CT molecular complexity index is 341. The minimum absolute atomic E-state index is 0.384. The lowest BCUT2D eigenvalue weighted by atomic mass is 10.2. The maximum Gasteiger partial charge on any atom is 0.185 e. The minimum atomic E-state index is 0.384. The molecule has 0 aliphatic heterocycles. The molecule has 1 aromatic rings. The fourth-order valence-corrected chi connectivity index (χ4v) is 1.24. The van der Waals surface area contributed by atoms with Crippen LogP contribution in [0.15, 0.2) is 18.2 Å². The van der Waals surface area contributed by atoms with Gasteiger partial charge in [-0.25, -0.2) is 5.84 Å². The Hall–Kier alpha value is -1.33. The van der Waals surface area contributed by atoms with Gasteiger partial charge in [0.1, 0.15) is 5.75 Å². The van der Waals surface area contributed by atoms with Crippen LogP contribution in [0.1, 0.15) is 5.56 Å². The number of nitrogens with one attached hydrogen (secondary N) is 2. The van der Waals surface area contributed by atoms with E-state index in [2.05, 4.69) is 10.7 Å². The van der Waals surface area contributed by atoms with Gasteiger partial charge in [-0.05, 0) is 42.9 Å². The fourth-order valence-electron chi connectivity index (χ4n) is 1.12. The number of rotatable bonds is 2. The van der Waals surface area contributed by atoms with Crippen LogP contribution in [0.5, 0.6) is 5.75 Å². The highest BCUT2D eigenvalue weighted by atomic mass is 32.1. The summed E-state index contributed by atoms with van der Waals surface area (Å²) in [6.45, 7) is 1.96. The number of thiocarbonyl (C=S) groups is 1. The lowest BCUT2D eigenvalue weighted by molar-refractivity contribution is 0.412. The molecule has 0 aliphatic carbocycles. The van der Waals surface area contributed by atoms with E-state index in [1.165, 1.54) is 0 Å². The summed E-state index contributed by atoms with van der Waals surface area (Å²) in [4.78, 5) is 0. The van der Waals surface area contributed by atoms with Crippen molar-refractivity contribution in [3.63, 3.8) is 0 Å². The minimum Gasteiger partial charge on any atom is -0.496 e. The highest BCUT2D eigenvalue weighted by Gasteiger charge is 2.00. The average Bonchev–Trinajstić information content (AvgIpc) is 2.18. The smallest absolute Gasteiger partial charge is 0.185 e. The normalized spacial score (nSPS) is 9.36. The number of nitrogens with two attached hydrogens (primary N) is 1. The molecule has 4 N–H and O–H groups in total. The molecule has 0 aromatic heterocycles. The molecule has 14 heavy (non-hydrogen) atoms. The van der Waals surface area contributed by atoms with E-state index in [0.29, 0.717) is 5.11 Å². The molecule has 0 spiro atoms. The van der Waals surface area contributed by atoms with Gasteiger partial charge in [-0.2, -0.15) is 0 Å². The molecule has 5 heteroatoms. The van der Waals surface area contributed by atoms with Crippen molar-refractivity contribution in [2.24, 2.45) is 5.84 Å². The Kier molecular flexibility index (Phi) is 3.67. The standard InChI is InChI=1S/C9H13N3OS/c1-6-5-7(11-9(14)12-10)3-4-8(6)13-2/h3-5H,10H2,1-2H3,(H2,11,12,14). The maximum atomic E-state index is 5.14. The molecule has 0 fully saturated rings. The van der Waals surface area contributed by atoms with Crippen LogP contribution in [0.3, 0.4) is 0 Å². The summed E-state index contributed by atoms with van der Waals surface area (Å²) in [5.74, 6) is 5.98. The molecule has 0 saturated heterocycles. The van der Waals surface area contributed by atoms with Gasteiger partial charge in [0.25, 0.3) is 0 Å². The lowest BCUT2D eigenvalue weighted by Gasteiger charge is -2.09. The molecule has 0 bridgehead atoms. The van der Waals surface area contributed by atoms with Gasteiger partial charge in [0.05, 0.1) is 7.11 Å². The van der Waals surface area contributed by atoms with Gasteiger partial charge in [-0.15, -0.1) is 0 Å². The molecule has 4 nitrogen and oxygen atoms in total. The third kappa shape index (κ3) is 2.58. The van der Waals surface area contributed by atoms with Gasteiger partial charge in [-0.3, -0.25) is 0 Å². The first kappa shape index (κ1) is 10.7. The first-order chi connectivity index (χ1) is 6.67. The van der Waals surface area contributed by atoms with Crippen molar-refractivity contribution in [1.29, 1.82) is 0 Å². The molecular formula is C9H13N3OS. The molecule has 0 saturated carbocycles. The lowest BCUT2D eigenvalue weighted by Crippen LogP contribution is -2.34. The monoisotopic (exact) mass is 211 g/mol. The van der Waals surface area contributed by atoms with Crippen LogP contribution in [0.4, 0.5) is 5.69 Å².